The van der Waals surface area contributed by atoms with Crippen LogP contribution in [-0.2, 0) is 6.54 Å². The number of anilines is 1. The molecule has 0 amide bonds. The van der Waals surface area contributed by atoms with Crippen LogP contribution in [0.2, 0.25) is 0 Å². The maximum Gasteiger partial charge on any atom is 0.128 e. The largest absolute Gasteiger partial charge is 0.366 e. The third-order valence-corrected chi connectivity index (χ3v) is 4.96. The highest BCUT2D eigenvalue weighted by atomic mass is 19.1. The zero-order valence-electron chi connectivity index (χ0n) is 14.7. The van der Waals surface area contributed by atoms with E-state index in [0.717, 1.165) is 36.5 Å². The number of hydrogen-bond acceptors (Lipinski definition) is 4. The second-order valence-corrected chi connectivity index (χ2v) is 6.82. The van der Waals surface area contributed by atoms with Crippen LogP contribution < -0.4 is 5.32 Å². The van der Waals surface area contributed by atoms with Crippen LogP contribution >= 0.6 is 0 Å². The van der Waals surface area contributed by atoms with Gasteiger partial charge >= 0.3 is 0 Å². The monoisotopic (exact) mass is 351 g/mol. The lowest BCUT2D eigenvalue weighted by atomic mass is 9.97. The molecular weight excluding hydrogens is 329 g/mol. The Morgan fingerprint density at radius 1 is 1.31 bits per heavy atom. The number of aromatic amines is 1. The van der Waals surface area contributed by atoms with Gasteiger partial charge in [-0.1, -0.05) is 18.2 Å². The van der Waals surface area contributed by atoms with Gasteiger partial charge in [0.15, 0.2) is 0 Å². The molecule has 1 unspecified atom stereocenters. The van der Waals surface area contributed by atoms with Crippen LogP contribution in [0.25, 0.3) is 11.1 Å². The van der Waals surface area contributed by atoms with E-state index < -0.39 is 0 Å². The molecule has 26 heavy (non-hydrogen) atoms. The molecule has 0 spiro atoms. The summed E-state index contributed by atoms with van der Waals surface area (Å²) in [6.07, 6.45) is 4.79. The van der Waals surface area contributed by atoms with E-state index >= 15 is 0 Å². The van der Waals surface area contributed by atoms with Crippen LogP contribution in [0.3, 0.4) is 0 Å². The number of pyridine rings is 1. The van der Waals surface area contributed by atoms with E-state index in [1.54, 1.807) is 18.3 Å². The van der Waals surface area contributed by atoms with Crippen molar-refractivity contribution in [3.63, 3.8) is 0 Å². The summed E-state index contributed by atoms with van der Waals surface area (Å²) in [6, 6.07) is 10.8. The van der Waals surface area contributed by atoms with E-state index in [4.69, 9.17) is 0 Å². The number of likely N-dealkylation sites (tertiary alicyclic amines) is 1. The predicted molar refractivity (Wildman–Crippen MR) is 100 cm³/mol. The molecule has 3 heterocycles. The molecule has 0 saturated carbocycles. The van der Waals surface area contributed by atoms with Gasteiger partial charge in [-0.15, -0.1) is 0 Å². The molecule has 2 aromatic heterocycles. The Morgan fingerprint density at radius 3 is 3.00 bits per heavy atom. The third kappa shape index (κ3) is 3.46. The predicted octanol–water partition coefficient (Wildman–Crippen LogP) is 3.64. The number of hydrogen-bond donors (Lipinski definition) is 2. The van der Waals surface area contributed by atoms with Gasteiger partial charge in [0, 0.05) is 42.0 Å². The molecule has 3 aromatic rings. The Labute approximate surface area is 152 Å². The molecule has 1 aliphatic heterocycles. The molecule has 5 nitrogen and oxygen atoms in total. The van der Waals surface area contributed by atoms with Crippen LogP contribution in [-0.4, -0.2) is 40.2 Å². The van der Waals surface area contributed by atoms with Crippen LogP contribution in [0.4, 0.5) is 10.2 Å². The van der Waals surface area contributed by atoms with Gasteiger partial charge in [0.2, 0.25) is 0 Å². The first-order chi connectivity index (χ1) is 12.7. The molecular formula is C20H22FN5. The number of nitrogens with zero attached hydrogens (tertiary/aromatic N) is 3. The van der Waals surface area contributed by atoms with E-state index in [2.05, 4.69) is 32.4 Å². The van der Waals surface area contributed by atoms with Gasteiger partial charge in [-0.2, -0.15) is 5.10 Å². The van der Waals surface area contributed by atoms with Crippen LogP contribution in [0.15, 0.2) is 48.8 Å². The summed E-state index contributed by atoms with van der Waals surface area (Å²) in [5.41, 5.74) is 3.98. The van der Waals surface area contributed by atoms with Gasteiger partial charge in [0.25, 0.3) is 0 Å². The third-order valence-electron chi connectivity index (χ3n) is 4.96. The van der Waals surface area contributed by atoms with Crippen LogP contribution in [0.1, 0.15) is 23.6 Å². The highest BCUT2D eigenvalue weighted by molar-refractivity contribution is 5.68. The van der Waals surface area contributed by atoms with Gasteiger partial charge in [-0.25, -0.2) is 9.37 Å². The topological polar surface area (TPSA) is 56.8 Å². The molecule has 0 aliphatic carbocycles. The van der Waals surface area contributed by atoms with Crippen molar-refractivity contribution in [2.24, 2.45) is 0 Å². The van der Waals surface area contributed by atoms with Gasteiger partial charge in [0.1, 0.15) is 11.6 Å². The number of nitrogens with one attached hydrogen (secondary N) is 2. The molecule has 0 radical (unpaired) electrons. The molecule has 1 atom stereocenters. The smallest absolute Gasteiger partial charge is 0.128 e. The van der Waals surface area contributed by atoms with Crippen molar-refractivity contribution < 1.29 is 4.39 Å². The Hall–Kier alpha value is -2.73. The average Bonchev–Trinajstić information content (AvgIpc) is 3.30. The first-order valence-electron chi connectivity index (χ1n) is 8.86. The minimum absolute atomic E-state index is 0.210. The van der Waals surface area contributed by atoms with Crippen molar-refractivity contribution in [2.45, 2.75) is 18.9 Å². The fourth-order valence-electron chi connectivity index (χ4n) is 3.53. The first-order valence-corrected chi connectivity index (χ1v) is 8.86. The van der Waals surface area contributed by atoms with Gasteiger partial charge in [-0.05, 0) is 43.8 Å². The highest BCUT2D eigenvalue weighted by Crippen LogP contribution is 2.33. The van der Waals surface area contributed by atoms with Gasteiger partial charge in [-0.3, -0.25) is 5.10 Å². The zero-order valence-corrected chi connectivity index (χ0v) is 14.7. The van der Waals surface area contributed by atoms with Crippen molar-refractivity contribution in [3.8, 4) is 11.1 Å². The standard InChI is InChI=1S/C20H22FN5/c1-26-9-7-16(13-26)20-17(12-24-25-20)14-6-8-22-19(10-14)23-11-15-4-2-3-5-18(15)21/h2-6,8,10,12,16H,7,9,11,13H2,1H3,(H,22,23)(H,24,25). The second-order valence-electron chi connectivity index (χ2n) is 6.82. The number of H-pyrrole nitrogens is 1. The summed E-state index contributed by atoms with van der Waals surface area (Å²) < 4.78 is 13.8. The number of halogens is 1. The van der Waals surface area contributed by atoms with Crippen molar-refractivity contribution in [1.29, 1.82) is 0 Å². The maximum atomic E-state index is 13.8. The van der Waals surface area contributed by atoms with Crippen LogP contribution in [0.5, 0.6) is 0 Å². The quantitative estimate of drug-likeness (QED) is 0.737. The molecule has 134 valence electrons. The van der Waals surface area contributed by atoms with Gasteiger partial charge in [0.05, 0.1) is 6.20 Å². The summed E-state index contributed by atoms with van der Waals surface area (Å²) in [4.78, 5) is 6.70. The van der Waals surface area contributed by atoms with E-state index in [1.807, 2.05) is 24.4 Å². The van der Waals surface area contributed by atoms with Crippen molar-refractivity contribution in [1.82, 2.24) is 20.1 Å². The minimum atomic E-state index is -0.210. The van der Waals surface area contributed by atoms with E-state index in [9.17, 15) is 4.39 Å². The Kier molecular flexibility index (Phi) is 4.67. The Balaban J connectivity index is 1.53. The molecule has 2 N–H and O–H groups in total. The highest BCUT2D eigenvalue weighted by Gasteiger charge is 2.25. The normalized spacial score (nSPS) is 17.5. The van der Waals surface area contributed by atoms with Crippen LogP contribution in [0, 0.1) is 5.82 Å². The summed E-state index contributed by atoms with van der Waals surface area (Å²) in [5, 5.41) is 10.7. The molecule has 1 saturated heterocycles. The number of benzene rings is 1. The SMILES string of the molecule is CN1CCC(c2[nH]ncc2-c2ccnc(NCc3ccccc3F)c2)C1. The number of aromatic nitrogens is 3. The fraction of sp³-hybridized carbons (Fsp3) is 0.300. The fourth-order valence-corrected chi connectivity index (χ4v) is 3.53. The lowest BCUT2D eigenvalue weighted by Gasteiger charge is -2.12. The van der Waals surface area contributed by atoms with Crippen molar-refractivity contribution in [2.75, 3.05) is 25.5 Å². The molecule has 6 heteroatoms. The summed E-state index contributed by atoms with van der Waals surface area (Å²) in [5.74, 6) is 0.987. The summed E-state index contributed by atoms with van der Waals surface area (Å²) in [7, 11) is 2.15. The summed E-state index contributed by atoms with van der Waals surface area (Å²) in [6.45, 7) is 2.54. The minimum Gasteiger partial charge on any atom is -0.366 e. The van der Waals surface area contributed by atoms with E-state index in [1.165, 1.54) is 11.8 Å². The Bertz CT molecular complexity index is 891. The lowest BCUT2D eigenvalue weighted by Crippen LogP contribution is -2.13. The summed E-state index contributed by atoms with van der Waals surface area (Å²) >= 11 is 0. The molecule has 1 fully saturated rings. The van der Waals surface area contributed by atoms with E-state index in [0.29, 0.717) is 18.0 Å². The molecule has 4 rings (SSSR count). The molecule has 0 bridgehead atoms. The zero-order chi connectivity index (χ0) is 17.9. The van der Waals surface area contributed by atoms with E-state index in [-0.39, 0.29) is 5.82 Å². The molecule has 1 aliphatic rings. The number of likely N-dealkylation sites (N-methyl/N-ethyl adjacent to an activating group) is 1. The average molecular weight is 351 g/mol. The first kappa shape index (κ1) is 16.7. The van der Waals surface area contributed by atoms with Gasteiger partial charge < -0.3 is 10.2 Å². The Morgan fingerprint density at radius 2 is 2.19 bits per heavy atom. The van der Waals surface area contributed by atoms with Crippen molar-refractivity contribution >= 4 is 5.82 Å². The molecule has 1 aromatic carbocycles. The lowest BCUT2D eigenvalue weighted by molar-refractivity contribution is 0.411. The number of rotatable bonds is 5. The van der Waals surface area contributed by atoms with Crippen molar-refractivity contribution in [3.05, 3.63) is 65.9 Å². The second kappa shape index (κ2) is 7.25. The maximum absolute atomic E-state index is 13.8.